The number of fused-ring (bicyclic) bond motifs is 1. The Kier molecular flexibility index (Phi) is 4.41. The molecule has 0 saturated heterocycles. The van der Waals surface area contributed by atoms with Crippen molar-refractivity contribution in [1.29, 1.82) is 0 Å². The van der Waals surface area contributed by atoms with E-state index in [9.17, 15) is 9.59 Å². The average molecular weight is 341 g/mol. The number of hydrogen-bond acceptors (Lipinski definition) is 5. The van der Waals surface area contributed by atoms with Gasteiger partial charge in [-0.2, -0.15) is 0 Å². The van der Waals surface area contributed by atoms with E-state index in [1.54, 1.807) is 31.2 Å². The molecule has 1 unspecified atom stereocenters. The quantitative estimate of drug-likeness (QED) is 0.740. The van der Waals surface area contributed by atoms with Crippen LogP contribution >= 0.6 is 0 Å². The summed E-state index contributed by atoms with van der Waals surface area (Å²) in [6.45, 7) is 4.00. The molecule has 2 heterocycles. The Morgan fingerprint density at radius 3 is 2.80 bits per heavy atom. The van der Waals surface area contributed by atoms with E-state index in [0.717, 1.165) is 0 Å². The molecule has 7 nitrogen and oxygen atoms in total. The maximum atomic E-state index is 12.1. The Morgan fingerprint density at radius 2 is 2.12 bits per heavy atom. The number of aromatic nitrogens is 2. The number of aromatic amines is 1. The highest BCUT2D eigenvalue weighted by atomic mass is 16.4. The zero-order chi connectivity index (χ0) is 18.1. The number of hydrogen-bond donors (Lipinski definition) is 2. The van der Waals surface area contributed by atoms with E-state index in [0.29, 0.717) is 34.6 Å². The maximum Gasteiger partial charge on any atom is 0.372 e. The average Bonchev–Trinajstić information content (AvgIpc) is 2.96. The Morgan fingerprint density at radius 1 is 1.40 bits per heavy atom. The lowest BCUT2D eigenvalue weighted by atomic mass is 10.2. The van der Waals surface area contributed by atoms with Crippen molar-refractivity contribution in [3.05, 3.63) is 63.6 Å². The first-order valence-corrected chi connectivity index (χ1v) is 7.88. The normalized spacial score (nSPS) is 12.6. The third kappa shape index (κ3) is 3.32. The molecular weight excluding hydrogens is 322 g/mol. The van der Waals surface area contributed by atoms with Crippen LogP contribution in [0.1, 0.15) is 40.7 Å². The highest BCUT2D eigenvalue weighted by Crippen LogP contribution is 2.25. The summed E-state index contributed by atoms with van der Waals surface area (Å²) in [5, 5.41) is 9.66. The highest BCUT2D eigenvalue weighted by molar-refractivity contribution is 5.86. The first-order chi connectivity index (χ1) is 11.9. The summed E-state index contributed by atoms with van der Waals surface area (Å²) in [6, 6.07) is 8.71. The molecule has 2 aromatic heterocycles. The van der Waals surface area contributed by atoms with Gasteiger partial charge in [0.25, 0.3) is 5.56 Å². The Labute approximate surface area is 143 Å². The van der Waals surface area contributed by atoms with Crippen LogP contribution in [0.15, 0.2) is 39.5 Å². The van der Waals surface area contributed by atoms with Gasteiger partial charge in [-0.1, -0.05) is 12.1 Å². The van der Waals surface area contributed by atoms with Gasteiger partial charge in [0.1, 0.15) is 11.6 Å². The Balaban J connectivity index is 1.84. The molecule has 0 radical (unpaired) electrons. The summed E-state index contributed by atoms with van der Waals surface area (Å²) in [4.78, 5) is 32.5. The van der Waals surface area contributed by atoms with Gasteiger partial charge in [-0.25, -0.2) is 9.78 Å². The summed E-state index contributed by atoms with van der Waals surface area (Å²) in [6.07, 6.45) is 0. The van der Waals surface area contributed by atoms with Crippen LogP contribution in [0.25, 0.3) is 10.9 Å². The lowest BCUT2D eigenvalue weighted by Crippen LogP contribution is -2.24. The van der Waals surface area contributed by atoms with Gasteiger partial charge in [-0.05, 0) is 39.1 Å². The standard InChI is InChI=1S/C18H19N3O4/c1-10-8-14(25-16(10)18(23)24)11(2)21(3)9-15-19-13-7-5-4-6-12(13)17(22)20-15/h4-8,11H,9H2,1-3H3,(H,23,24)(H,19,20,22). The van der Waals surface area contributed by atoms with E-state index < -0.39 is 5.97 Å². The molecule has 0 amide bonds. The van der Waals surface area contributed by atoms with Gasteiger partial charge in [-0.15, -0.1) is 0 Å². The number of carbonyl (C=O) groups is 1. The molecule has 0 aliphatic rings. The van der Waals surface area contributed by atoms with E-state index in [4.69, 9.17) is 9.52 Å². The summed E-state index contributed by atoms with van der Waals surface area (Å²) < 4.78 is 5.46. The monoisotopic (exact) mass is 341 g/mol. The van der Waals surface area contributed by atoms with Crippen molar-refractivity contribution >= 4 is 16.9 Å². The summed E-state index contributed by atoms with van der Waals surface area (Å²) in [7, 11) is 1.86. The van der Waals surface area contributed by atoms with E-state index in [1.807, 2.05) is 24.9 Å². The lowest BCUT2D eigenvalue weighted by Gasteiger charge is -2.22. The number of H-pyrrole nitrogens is 1. The zero-order valence-corrected chi connectivity index (χ0v) is 14.2. The van der Waals surface area contributed by atoms with Crippen molar-refractivity contribution in [3.8, 4) is 0 Å². The van der Waals surface area contributed by atoms with Gasteiger partial charge in [0.15, 0.2) is 0 Å². The van der Waals surface area contributed by atoms with Crippen molar-refractivity contribution in [2.24, 2.45) is 0 Å². The molecule has 130 valence electrons. The molecule has 3 aromatic rings. The van der Waals surface area contributed by atoms with Gasteiger partial charge in [0, 0.05) is 5.56 Å². The second kappa shape index (κ2) is 6.52. The molecule has 1 atom stereocenters. The van der Waals surface area contributed by atoms with Crippen LogP contribution in [0.5, 0.6) is 0 Å². The first-order valence-electron chi connectivity index (χ1n) is 7.88. The van der Waals surface area contributed by atoms with Gasteiger partial charge < -0.3 is 14.5 Å². The van der Waals surface area contributed by atoms with Crippen LogP contribution in [0.4, 0.5) is 0 Å². The number of furan rings is 1. The fourth-order valence-electron chi connectivity index (χ4n) is 2.73. The molecule has 3 rings (SSSR count). The SMILES string of the molecule is Cc1cc(C(C)N(C)Cc2nc3ccccc3c(=O)[nH]2)oc1C(=O)O. The van der Waals surface area contributed by atoms with Gasteiger partial charge in [0.05, 0.1) is 23.5 Å². The van der Waals surface area contributed by atoms with Crippen molar-refractivity contribution in [1.82, 2.24) is 14.9 Å². The Hall–Kier alpha value is -2.93. The first kappa shape index (κ1) is 16.9. The lowest BCUT2D eigenvalue weighted by molar-refractivity contribution is 0.0655. The molecular formula is C18H19N3O4. The Bertz CT molecular complexity index is 989. The largest absolute Gasteiger partial charge is 0.475 e. The maximum absolute atomic E-state index is 12.1. The summed E-state index contributed by atoms with van der Waals surface area (Å²) >= 11 is 0. The van der Waals surface area contributed by atoms with Gasteiger partial charge >= 0.3 is 5.97 Å². The van der Waals surface area contributed by atoms with Gasteiger partial charge in [0.2, 0.25) is 5.76 Å². The predicted octanol–water partition coefficient (Wildman–Crippen LogP) is 2.72. The molecule has 0 aliphatic carbocycles. The minimum atomic E-state index is -1.08. The fraction of sp³-hybridized carbons (Fsp3) is 0.278. The molecule has 7 heteroatoms. The molecule has 0 fully saturated rings. The van der Waals surface area contributed by atoms with Gasteiger partial charge in [-0.3, -0.25) is 9.69 Å². The number of nitrogens with zero attached hydrogens (tertiary/aromatic N) is 2. The topological polar surface area (TPSA) is 99.4 Å². The fourth-order valence-corrected chi connectivity index (χ4v) is 2.73. The second-order valence-corrected chi connectivity index (χ2v) is 6.09. The number of benzene rings is 1. The van der Waals surface area contributed by atoms with E-state index in [-0.39, 0.29) is 17.4 Å². The van der Waals surface area contributed by atoms with Crippen molar-refractivity contribution in [2.75, 3.05) is 7.05 Å². The van der Waals surface area contributed by atoms with Crippen molar-refractivity contribution in [2.45, 2.75) is 26.4 Å². The minimum absolute atomic E-state index is 0.0486. The van der Waals surface area contributed by atoms with Crippen molar-refractivity contribution < 1.29 is 14.3 Å². The molecule has 1 aromatic carbocycles. The van der Waals surface area contributed by atoms with E-state index >= 15 is 0 Å². The molecule has 0 bridgehead atoms. The molecule has 0 spiro atoms. The van der Waals surface area contributed by atoms with Crippen LogP contribution in [-0.2, 0) is 6.54 Å². The zero-order valence-electron chi connectivity index (χ0n) is 14.2. The number of aromatic carboxylic acids is 1. The number of carboxylic acid groups (broad SMARTS) is 1. The number of nitrogens with one attached hydrogen (secondary N) is 1. The third-order valence-electron chi connectivity index (χ3n) is 4.27. The second-order valence-electron chi connectivity index (χ2n) is 6.09. The van der Waals surface area contributed by atoms with Crippen LogP contribution in [0.3, 0.4) is 0 Å². The number of para-hydroxylation sites is 1. The minimum Gasteiger partial charge on any atom is -0.475 e. The molecule has 25 heavy (non-hydrogen) atoms. The van der Waals surface area contributed by atoms with E-state index in [1.165, 1.54) is 0 Å². The predicted molar refractivity (Wildman–Crippen MR) is 92.7 cm³/mol. The molecule has 0 saturated carbocycles. The summed E-state index contributed by atoms with van der Waals surface area (Å²) in [5.74, 6) is -0.0352. The van der Waals surface area contributed by atoms with Crippen LogP contribution in [-0.4, -0.2) is 33.0 Å². The van der Waals surface area contributed by atoms with Crippen LogP contribution < -0.4 is 5.56 Å². The molecule has 2 N–H and O–H groups in total. The van der Waals surface area contributed by atoms with Crippen LogP contribution in [0, 0.1) is 6.92 Å². The smallest absolute Gasteiger partial charge is 0.372 e. The van der Waals surface area contributed by atoms with Crippen molar-refractivity contribution in [3.63, 3.8) is 0 Å². The highest BCUT2D eigenvalue weighted by Gasteiger charge is 2.21. The number of carboxylic acids is 1. The third-order valence-corrected chi connectivity index (χ3v) is 4.27. The van der Waals surface area contributed by atoms with Crippen LogP contribution in [0.2, 0.25) is 0 Å². The number of rotatable bonds is 5. The molecule has 0 aliphatic heterocycles. The number of aryl methyl sites for hydroxylation is 1. The van der Waals surface area contributed by atoms with E-state index in [2.05, 4.69) is 9.97 Å². The summed E-state index contributed by atoms with van der Waals surface area (Å²) in [5.41, 5.74) is 1.05.